The van der Waals surface area contributed by atoms with Crippen LogP contribution in [0.3, 0.4) is 0 Å². The molecule has 2 aliphatic rings. The van der Waals surface area contributed by atoms with Gasteiger partial charge in [-0.25, -0.2) is 0 Å². The van der Waals surface area contributed by atoms with E-state index in [-0.39, 0.29) is 11.4 Å². The first-order valence-corrected chi connectivity index (χ1v) is 10.6. The maximum Gasteiger partial charge on any atom is 0.283 e. The lowest BCUT2D eigenvalue weighted by Gasteiger charge is -2.20. The van der Waals surface area contributed by atoms with Crippen molar-refractivity contribution in [1.82, 2.24) is 9.58 Å². The second-order valence-corrected chi connectivity index (χ2v) is 8.16. The van der Waals surface area contributed by atoms with Crippen LogP contribution in [0.1, 0.15) is 36.7 Å². The minimum Gasteiger partial charge on any atom is -0.497 e. The molecule has 2 aliphatic heterocycles. The van der Waals surface area contributed by atoms with Gasteiger partial charge in [-0.1, -0.05) is 6.92 Å². The second kappa shape index (κ2) is 7.95. The van der Waals surface area contributed by atoms with E-state index < -0.39 is 5.91 Å². The molecule has 0 unspecified atom stereocenters. The van der Waals surface area contributed by atoms with Gasteiger partial charge in [0.1, 0.15) is 10.8 Å². The lowest BCUT2D eigenvalue weighted by molar-refractivity contribution is -0.114. The third-order valence-corrected chi connectivity index (χ3v) is 6.03. The van der Waals surface area contributed by atoms with Gasteiger partial charge in [-0.2, -0.15) is 15.1 Å². The van der Waals surface area contributed by atoms with E-state index in [0.717, 1.165) is 46.3 Å². The van der Waals surface area contributed by atoms with E-state index in [1.807, 2.05) is 44.2 Å². The Hall–Kier alpha value is -3.13. The Morgan fingerprint density at radius 2 is 1.97 bits per heavy atom. The summed E-state index contributed by atoms with van der Waals surface area (Å²) in [5, 5.41) is 15.8. The molecule has 1 amide bonds. The van der Waals surface area contributed by atoms with Gasteiger partial charge in [0, 0.05) is 17.1 Å². The summed E-state index contributed by atoms with van der Waals surface area (Å²) in [6.45, 7) is 6.09. The van der Waals surface area contributed by atoms with Gasteiger partial charge in [0.15, 0.2) is 5.84 Å². The number of carbonyl (C=O) groups excluding carboxylic acids is 1. The monoisotopic (exact) mass is 421 g/mol. The van der Waals surface area contributed by atoms with Crippen molar-refractivity contribution in [1.29, 1.82) is 5.41 Å². The van der Waals surface area contributed by atoms with E-state index in [0.29, 0.717) is 5.17 Å². The summed E-state index contributed by atoms with van der Waals surface area (Å²) < 4.78 is 7.35. The maximum atomic E-state index is 12.7. The molecule has 0 bridgehead atoms. The van der Waals surface area contributed by atoms with Crippen molar-refractivity contribution in [2.24, 2.45) is 10.1 Å². The van der Waals surface area contributed by atoms with Gasteiger partial charge in [-0.3, -0.25) is 10.2 Å². The molecule has 0 saturated carbocycles. The number of hydrazone groups is 1. The number of amides is 1. The Labute approximate surface area is 179 Å². The Kier molecular flexibility index (Phi) is 5.34. The summed E-state index contributed by atoms with van der Waals surface area (Å²) in [6.07, 6.45) is 3.50. The van der Waals surface area contributed by atoms with Gasteiger partial charge in [0.05, 0.1) is 12.7 Å². The minimum atomic E-state index is -0.402. The zero-order chi connectivity index (χ0) is 21.4. The summed E-state index contributed by atoms with van der Waals surface area (Å²) in [4.78, 5) is 16.8. The number of rotatable bonds is 5. The second-order valence-electron chi connectivity index (χ2n) is 7.12. The lowest BCUT2D eigenvalue weighted by atomic mass is 10.1. The molecular formula is C22H23N5O2S. The van der Waals surface area contributed by atoms with Crippen LogP contribution in [0, 0.1) is 19.3 Å². The van der Waals surface area contributed by atoms with Crippen LogP contribution in [0.25, 0.3) is 11.8 Å². The van der Waals surface area contributed by atoms with Gasteiger partial charge in [-0.15, -0.1) is 0 Å². The third kappa shape index (κ3) is 3.47. The van der Waals surface area contributed by atoms with Crippen molar-refractivity contribution in [2.75, 3.05) is 7.11 Å². The van der Waals surface area contributed by atoms with Crippen LogP contribution in [0.15, 0.2) is 46.0 Å². The smallest absolute Gasteiger partial charge is 0.283 e. The van der Waals surface area contributed by atoms with Crippen molar-refractivity contribution in [3.8, 4) is 11.4 Å². The summed E-state index contributed by atoms with van der Waals surface area (Å²) in [5.41, 5.74) is 4.14. The van der Waals surface area contributed by atoms with Crippen molar-refractivity contribution in [3.05, 3.63) is 52.9 Å². The molecule has 30 heavy (non-hydrogen) atoms. The number of aliphatic imine (C=N–C) groups is 1. The van der Waals surface area contributed by atoms with E-state index in [1.165, 1.54) is 16.8 Å². The zero-order valence-electron chi connectivity index (χ0n) is 17.4. The molecule has 0 atom stereocenters. The van der Waals surface area contributed by atoms with Crippen LogP contribution < -0.4 is 4.74 Å². The van der Waals surface area contributed by atoms with Crippen LogP contribution in [0.2, 0.25) is 0 Å². The normalized spacial score (nSPS) is 17.3. The first kappa shape index (κ1) is 20.2. The number of hydrogen-bond donors (Lipinski definition) is 1. The van der Waals surface area contributed by atoms with Gasteiger partial charge in [0.25, 0.3) is 5.91 Å². The van der Waals surface area contributed by atoms with Gasteiger partial charge in [-0.05, 0) is 80.4 Å². The average molecular weight is 422 g/mol. The van der Waals surface area contributed by atoms with Crippen molar-refractivity contribution >= 4 is 39.8 Å². The van der Waals surface area contributed by atoms with E-state index in [1.54, 1.807) is 13.2 Å². The number of nitrogens with zero attached hydrogens (tertiary/aromatic N) is 4. The fraction of sp³-hybridized carbons (Fsp3) is 0.273. The number of fused-ring (bicyclic) bond motifs is 1. The SMILES string of the molecule is CCCC1=NN2C(=N)C(=Cc3cc(C)n(-c4ccc(OC)cc4)c3C)C(=O)N=C2S1. The molecule has 8 heteroatoms. The molecule has 4 rings (SSSR count). The number of thioether (sulfide) groups is 1. The highest BCUT2D eigenvalue weighted by Gasteiger charge is 2.35. The number of amidine groups is 2. The number of ether oxygens (including phenoxy) is 1. The Morgan fingerprint density at radius 3 is 2.63 bits per heavy atom. The van der Waals surface area contributed by atoms with Crippen LogP contribution in [0.5, 0.6) is 5.75 Å². The average Bonchev–Trinajstić information content (AvgIpc) is 3.25. The fourth-order valence-corrected chi connectivity index (χ4v) is 4.55. The van der Waals surface area contributed by atoms with Gasteiger partial charge in [0.2, 0.25) is 5.17 Å². The van der Waals surface area contributed by atoms with E-state index in [4.69, 9.17) is 10.1 Å². The standard InChI is InChI=1S/C22H23N5O2S/c1-5-6-19-25-27-20(23)18(21(28)24-22(27)30-19)12-15-11-13(2)26(14(15)3)16-7-9-17(29-4)10-8-16/h7-12,23H,5-6H2,1-4H3. The van der Waals surface area contributed by atoms with Crippen molar-refractivity contribution in [2.45, 2.75) is 33.6 Å². The molecular weight excluding hydrogens is 398 g/mol. The molecule has 7 nitrogen and oxygen atoms in total. The van der Waals surface area contributed by atoms with E-state index in [2.05, 4.69) is 21.6 Å². The minimum absolute atomic E-state index is 0.0675. The third-order valence-electron chi connectivity index (χ3n) is 5.06. The fourth-order valence-electron chi connectivity index (χ4n) is 3.56. The maximum absolute atomic E-state index is 12.7. The van der Waals surface area contributed by atoms with E-state index in [9.17, 15) is 4.79 Å². The molecule has 0 spiro atoms. The molecule has 1 aromatic heterocycles. The zero-order valence-corrected chi connectivity index (χ0v) is 18.2. The first-order chi connectivity index (χ1) is 14.4. The summed E-state index contributed by atoms with van der Waals surface area (Å²) in [7, 11) is 1.64. The number of nitrogens with one attached hydrogen (secondary N) is 1. The number of hydrogen-bond acceptors (Lipinski definition) is 5. The van der Waals surface area contributed by atoms with Crippen LogP contribution in [0.4, 0.5) is 0 Å². The molecule has 1 N–H and O–H groups in total. The lowest BCUT2D eigenvalue weighted by Crippen LogP contribution is -2.35. The largest absolute Gasteiger partial charge is 0.497 e. The Bertz CT molecular complexity index is 1130. The predicted molar refractivity (Wildman–Crippen MR) is 122 cm³/mol. The van der Waals surface area contributed by atoms with Crippen LogP contribution in [-0.2, 0) is 4.79 Å². The first-order valence-electron chi connectivity index (χ1n) is 9.75. The highest BCUT2D eigenvalue weighted by molar-refractivity contribution is 8.26. The molecule has 2 aromatic rings. The van der Waals surface area contributed by atoms with Crippen LogP contribution >= 0.6 is 11.8 Å². The van der Waals surface area contributed by atoms with Gasteiger partial charge < -0.3 is 9.30 Å². The molecule has 1 aromatic carbocycles. The Morgan fingerprint density at radius 1 is 1.23 bits per heavy atom. The predicted octanol–water partition coefficient (Wildman–Crippen LogP) is 4.52. The topological polar surface area (TPSA) is 83.0 Å². The molecule has 0 saturated heterocycles. The summed E-state index contributed by atoms with van der Waals surface area (Å²) in [5.74, 6) is 0.462. The number of aryl methyl sites for hydroxylation is 1. The van der Waals surface area contributed by atoms with Gasteiger partial charge >= 0.3 is 0 Å². The molecule has 0 aliphatic carbocycles. The molecule has 0 radical (unpaired) electrons. The summed E-state index contributed by atoms with van der Waals surface area (Å²) in [6, 6.07) is 9.83. The van der Waals surface area contributed by atoms with Crippen molar-refractivity contribution < 1.29 is 9.53 Å². The quantitative estimate of drug-likeness (QED) is 0.720. The summed E-state index contributed by atoms with van der Waals surface area (Å²) >= 11 is 1.37. The number of methoxy groups -OCH3 is 1. The van der Waals surface area contributed by atoms with Crippen LogP contribution in [-0.4, -0.2) is 38.6 Å². The van der Waals surface area contributed by atoms with E-state index >= 15 is 0 Å². The highest BCUT2D eigenvalue weighted by Crippen LogP contribution is 2.31. The highest BCUT2D eigenvalue weighted by atomic mass is 32.2. The Balaban J connectivity index is 1.70. The molecule has 3 heterocycles. The number of benzene rings is 1. The molecule has 0 fully saturated rings. The number of carbonyl (C=O) groups is 1. The molecule has 154 valence electrons. The number of aromatic nitrogens is 1. The van der Waals surface area contributed by atoms with Crippen molar-refractivity contribution in [3.63, 3.8) is 0 Å².